The molecular formula is C14H30N2. The van der Waals surface area contributed by atoms with Crippen LogP contribution in [0.1, 0.15) is 59.3 Å². The van der Waals surface area contributed by atoms with Crippen LogP contribution in [-0.4, -0.2) is 36.6 Å². The van der Waals surface area contributed by atoms with Gasteiger partial charge in [-0.3, -0.25) is 4.90 Å². The smallest absolute Gasteiger partial charge is 0.0195 e. The quantitative estimate of drug-likeness (QED) is 0.749. The Hall–Kier alpha value is -0.0800. The standard InChI is InChI=1S/C14H30N2/c1-4-6-9-13(3)16-11-7-10-15-14(12-16)8-5-2/h13-15H,4-12H2,1-3H3. The van der Waals surface area contributed by atoms with Gasteiger partial charge in [-0.15, -0.1) is 0 Å². The van der Waals surface area contributed by atoms with Gasteiger partial charge in [0.05, 0.1) is 0 Å². The molecule has 1 N–H and O–H groups in total. The van der Waals surface area contributed by atoms with Crippen LogP contribution in [0.25, 0.3) is 0 Å². The van der Waals surface area contributed by atoms with Crippen LogP contribution in [-0.2, 0) is 0 Å². The number of hydrogen-bond acceptors (Lipinski definition) is 2. The maximum absolute atomic E-state index is 3.68. The molecule has 2 nitrogen and oxygen atoms in total. The van der Waals surface area contributed by atoms with Crippen LogP contribution >= 0.6 is 0 Å². The molecular weight excluding hydrogens is 196 g/mol. The first-order valence-electron chi connectivity index (χ1n) is 7.25. The van der Waals surface area contributed by atoms with Gasteiger partial charge in [0.15, 0.2) is 0 Å². The van der Waals surface area contributed by atoms with Crippen LogP contribution in [0.5, 0.6) is 0 Å². The Bertz CT molecular complexity index is 170. The highest BCUT2D eigenvalue weighted by molar-refractivity contribution is 4.79. The molecule has 1 aliphatic rings. The third-order valence-electron chi connectivity index (χ3n) is 3.75. The van der Waals surface area contributed by atoms with Gasteiger partial charge in [-0.1, -0.05) is 33.1 Å². The predicted octanol–water partition coefficient (Wildman–Crippen LogP) is 3.03. The lowest BCUT2D eigenvalue weighted by Gasteiger charge is -2.30. The Morgan fingerprint density at radius 2 is 2.12 bits per heavy atom. The average Bonchev–Trinajstić information content (AvgIpc) is 2.52. The van der Waals surface area contributed by atoms with E-state index in [0.29, 0.717) is 0 Å². The van der Waals surface area contributed by atoms with Crippen molar-refractivity contribution < 1.29 is 0 Å². The number of nitrogens with one attached hydrogen (secondary N) is 1. The highest BCUT2D eigenvalue weighted by Crippen LogP contribution is 2.13. The molecule has 0 saturated carbocycles. The number of rotatable bonds is 6. The fourth-order valence-electron chi connectivity index (χ4n) is 2.65. The van der Waals surface area contributed by atoms with Crippen molar-refractivity contribution in [2.24, 2.45) is 0 Å². The van der Waals surface area contributed by atoms with Gasteiger partial charge in [-0.25, -0.2) is 0 Å². The van der Waals surface area contributed by atoms with Crippen LogP contribution < -0.4 is 5.32 Å². The van der Waals surface area contributed by atoms with E-state index in [-0.39, 0.29) is 0 Å². The number of hydrogen-bond donors (Lipinski definition) is 1. The molecule has 2 heteroatoms. The molecule has 2 atom stereocenters. The monoisotopic (exact) mass is 226 g/mol. The van der Waals surface area contributed by atoms with Crippen molar-refractivity contribution in [2.75, 3.05) is 19.6 Å². The van der Waals surface area contributed by atoms with Crippen molar-refractivity contribution in [3.63, 3.8) is 0 Å². The van der Waals surface area contributed by atoms with E-state index < -0.39 is 0 Å². The molecule has 96 valence electrons. The summed E-state index contributed by atoms with van der Waals surface area (Å²) in [4.78, 5) is 2.70. The zero-order valence-corrected chi connectivity index (χ0v) is 11.5. The molecule has 1 heterocycles. The van der Waals surface area contributed by atoms with Gasteiger partial charge in [0, 0.05) is 18.6 Å². The van der Waals surface area contributed by atoms with Gasteiger partial charge in [0.2, 0.25) is 0 Å². The molecule has 0 aromatic rings. The second-order valence-corrected chi connectivity index (χ2v) is 5.28. The second-order valence-electron chi connectivity index (χ2n) is 5.28. The molecule has 0 spiro atoms. The third-order valence-corrected chi connectivity index (χ3v) is 3.75. The summed E-state index contributed by atoms with van der Waals surface area (Å²) >= 11 is 0. The normalized spacial score (nSPS) is 25.3. The summed E-state index contributed by atoms with van der Waals surface area (Å²) in [6, 6.07) is 1.51. The SMILES string of the molecule is CCCCC(C)N1CCCNC(CCC)C1. The van der Waals surface area contributed by atoms with Crippen LogP contribution in [0.4, 0.5) is 0 Å². The van der Waals surface area contributed by atoms with Crippen LogP contribution in [0, 0.1) is 0 Å². The summed E-state index contributed by atoms with van der Waals surface area (Å²) in [5, 5.41) is 3.68. The Morgan fingerprint density at radius 1 is 1.31 bits per heavy atom. The van der Waals surface area contributed by atoms with Gasteiger partial charge in [-0.05, 0) is 39.3 Å². The molecule has 2 unspecified atom stereocenters. The predicted molar refractivity (Wildman–Crippen MR) is 71.9 cm³/mol. The first-order valence-corrected chi connectivity index (χ1v) is 7.25. The molecule has 0 aromatic heterocycles. The van der Waals surface area contributed by atoms with Gasteiger partial charge >= 0.3 is 0 Å². The molecule has 1 rings (SSSR count). The second kappa shape index (κ2) is 8.08. The fourth-order valence-corrected chi connectivity index (χ4v) is 2.65. The van der Waals surface area contributed by atoms with E-state index in [0.717, 1.165) is 12.1 Å². The molecule has 16 heavy (non-hydrogen) atoms. The average molecular weight is 226 g/mol. The summed E-state index contributed by atoms with van der Waals surface area (Å²) in [5.41, 5.74) is 0. The maximum Gasteiger partial charge on any atom is 0.0195 e. The van der Waals surface area contributed by atoms with E-state index in [2.05, 4.69) is 31.0 Å². The lowest BCUT2D eigenvalue weighted by Crippen LogP contribution is -2.41. The first kappa shape index (κ1) is 14.0. The highest BCUT2D eigenvalue weighted by Gasteiger charge is 2.20. The zero-order chi connectivity index (χ0) is 11.8. The zero-order valence-electron chi connectivity index (χ0n) is 11.5. The topological polar surface area (TPSA) is 15.3 Å². The van der Waals surface area contributed by atoms with E-state index in [1.807, 2.05) is 0 Å². The van der Waals surface area contributed by atoms with E-state index in [1.54, 1.807) is 0 Å². The van der Waals surface area contributed by atoms with Crippen molar-refractivity contribution in [3.05, 3.63) is 0 Å². The Kier molecular flexibility index (Phi) is 7.06. The van der Waals surface area contributed by atoms with Crippen molar-refractivity contribution in [3.8, 4) is 0 Å². The Balaban J connectivity index is 2.37. The van der Waals surface area contributed by atoms with Gasteiger partial charge in [-0.2, -0.15) is 0 Å². The van der Waals surface area contributed by atoms with E-state index in [1.165, 1.54) is 58.2 Å². The molecule has 1 aliphatic heterocycles. The lowest BCUT2D eigenvalue weighted by molar-refractivity contribution is 0.191. The van der Waals surface area contributed by atoms with Crippen LogP contribution in [0.3, 0.4) is 0 Å². The van der Waals surface area contributed by atoms with Gasteiger partial charge in [0.25, 0.3) is 0 Å². The Morgan fingerprint density at radius 3 is 2.81 bits per heavy atom. The number of nitrogens with zero attached hydrogens (tertiary/aromatic N) is 1. The molecule has 1 saturated heterocycles. The number of unbranched alkanes of at least 4 members (excludes halogenated alkanes) is 1. The highest BCUT2D eigenvalue weighted by atomic mass is 15.2. The summed E-state index contributed by atoms with van der Waals surface area (Å²) in [5.74, 6) is 0. The first-order chi connectivity index (χ1) is 7.77. The van der Waals surface area contributed by atoms with Crippen molar-refractivity contribution in [2.45, 2.75) is 71.4 Å². The van der Waals surface area contributed by atoms with E-state index in [4.69, 9.17) is 0 Å². The largest absolute Gasteiger partial charge is 0.313 e. The van der Waals surface area contributed by atoms with Crippen LogP contribution in [0.15, 0.2) is 0 Å². The summed E-state index contributed by atoms with van der Waals surface area (Å²) in [6.45, 7) is 10.7. The van der Waals surface area contributed by atoms with Crippen molar-refractivity contribution in [1.29, 1.82) is 0 Å². The van der Waals surface area contributed by atoms with Gasteiger partial charge < -0.3 is 5.32 Å². The maximum atomic E-state index is 3.68. The van der Waals surface area contributed by atoms with Crippen molar-refractivity contribution in [1.82, 2.24) is 10.2 Å². The summed E-state index contributed by atoms with van der Waals surface area (Å²) < 4.78 is 0. The van der Waals surface area contributed by atoms with E-state index in [9.17, 15) is 0 Å². The Labute approximate surface area is 102 Å². The molecule has 0 aliphatic carbocycles. The summed E-state index contributed by atoms with van der Waals surface area (Å²) in [7, 11) is 0. The third kappa shape index (κ3) is 4.84. The molecule has 0 radical (unpaired) electrons. The van der Waals surface area contributed by atoms with Gasteiger partial charge in [0.1, 0.15) is 0 Å². The minimum Gasteiger partial charge on any atom is -0.313 e. The minimum atomic E-state index is 0.733. The summed E-state index contributed by atoms with van der Waals surface area (Å²) in [6.07, 6.45) is 8.02. The van der Waals surface area contributed by atoms with Crippen molar-refractivity contribution >= 4 is 0 Å². The molecule has 0 bridgehead atoms. The van der Waals surface area contributed by atoms with E-state index >= 15 is 0 Å². The molecule has 0 aromatic carbocycles. The molecule has 0 amide bonds. The minimum absolute atomic E-state index is 0.733. The molecule has 1 fully saturated rings. The van der Waals surface area contributed by atoms with Crippen LogP contribution in [0.2, 0.25) is 0 Å². The lowest BCUT2D eigenvalue weighted by atomic mass is 10.1. The fraction of sp³-hybridized carbons (Fsp3) is 1.00.